The summed E-state index contributed by atoms with van der Waals surface area (Å²) in [6.45, 7) is 0.620. The number of nitrogens with two attached hydrogens (primary N) is 1. The molecule has 4 unspecified atom stereocenters. The van der Waals surface area contributed by atoms with E-state index in [9.17, 15) is 17.9 Å². The summed E-state index contributed by atoms with van der Waals surface area (Å²) in [4.78, 5) is 10.0. The summed E-state index contributed by atoms with van der Waals surface area (Å²) in [5.41, 5.74) is 5.57. The van der Waals surface area contributed by atoms with Crippen molar-refractivity contribution in [3.63, 3.8) is 0 Å². The molecule has 0 saturated heterocycles. The molecule has 5 aliphatic rings. The predicted octanol–water partition coefficient (Wildman–Crippen LogP) is 2.24. The SMILES string of the molecule is NS(=O)(=O)NCCCONC1C2CC3CC1CC(C(O)CC1c4c(F)cccc4-c4cncn41)(C3)C2. The maximum absolute atomic E-state index is 14.9. The van der Waals surface area contributed by atoms with Crippen molar-refractivity contribution in [1.82, 2.24) is 19.8 Å². The Bertz CT molecular complexity index is 1220. The molecule has 196 valence electrons. The second-order valence-electron chi connectivity index (χ2n) is 11.3. The highest BCUT2D eigenvalue weighted by molar-refractivity contribution is 7.87. The molecule has 2 aromatic rings. The molecule has 5 N–H and O–H groups in total. The van der Waals surface area contributed by atoms with Crippen molar-refractivity contribution in [2.24, 2.45) is 28.3 Å². The fourth-order valence-electron chi connectivity index (χ4n) is 7.89. The van der Waals surface area contributed by atoms with E-state index in [0.717, 1.165) is 43.4 Å². The fourth-order valence-corrected chi connectivity index (χ4v) is 8.32. The van der Waals surface area contributed by atoms with Gasteiger partial charge < -0.3 is 14.5 Å². The quantitative estimate of drug-likeness (QED) is 0.281. The number of aliphatic hydroxyl groups is 1. The highest BCUT2D eigenvalue weighted by Gasteiger charge is 2.58. The number of benzene rings is 1. The Morgan fingerprint density at radius 2 is 2.06 bits per heavy atom. The number of fused-ring (bicyclic) bond motifs is 3. The van der Waals surface area contributed by atoms with Gasteiger partial charge in [0.25, 0.3) is 10.2 Å². The van der Waals surface area contributed by atoms with Crippen LogP contribution in [0.15, 0.2) is 30.7 Å². The number of hydroxylamine groups is 1. The summed E-state index contributed by atoms with van der Waals surface area (Å²) in [6, 6.07) is 5.16. The van der Waals surface area contributed by atoms with Gasteiger partial charge in [0.2, 0.25) is 0 Å². The van der Waals surface area contributed by atoms with Crippen LogP contribution in [0, 0.1) is 29.0 Å². The van der Waals surface area contributed by atoms with Crippen LogP contribution < -0.4 is 15.3 Å². The van der Waals surface area contributed by atoms with E-state index in [1.165, 1.54) is 6.07 Å². The zero-order valence-corrected chi connectivity index (χ0v) is 21.0. The van der Waals surface area contributed by atoms with E-state index in [-0.39, 0.29) is 29.9 Å². The van der Waals surface area contributed by atoms with Gasteiger partial charge in [-0.2, -0.15) is 13.9 Å². The maximum atomic E-state index is 14.9. The molecule has 11 heteroatoms. The molecule has 4 fully saturated rings. The van der Waals surface area contributed by atoms with Crippen LogP contribution in [-0.2, 0) is 15.0 Å². The molecular formula is C25H34FN5O4S. The summed E-state index contributed by atoms with van der Waals surface area (Å²) < 4.78 is 41.1. The first-order valence-electron chi connectivity index (χ1n) is 12.9. The number of rotatable bonds is 10. The van der Waals surface area contributed by atoms with E-state index in [2.05, 4.69) is 15.2 Å². The zero-order chi connectivity index (χ0) is 25.1. The molecule has 36 heavy (non-hydrogen) atoms. The first kappa shape index (κ1) is 24.4. The summed E-state index contributed by atoms with van der Waals surface area (Å²) in [5.74, 6) is 1.22. The van der Waals surface area contributed by atoms with Gasteiger partial charge in [0, 0.05) is 23.7 Å². The van der Waals surface area contributed by atoms with Crippen molar-refractivity contribution in [3.8, 4) is 11.3 Å². The minimum atomic E-state index is -3.68. The largest absolute Gasteiger partial charge is 0.392 e. The highest BCUT2D eigenvalue weighted by atomic mass is 32.2. The molecule has 4 bridgehead atoms. The van der Waals surface area contributed by atoms with Gasteiger partial charge in [-0.1, -0.05) is 12.1 Å². The number of aliphatic hydroxyl groups excluding tert-OH is 1. The monoisotopic (exact) mass is 519 g/mol. The Balaban J connectivity index is 1.11. The van der Waals surface area contributed by atoms with Crippen molar-refractivity contribution in [2.45, 2.75) is 63.1 Å². The van der Waals surface area contributed by atoms with Crippen LogP contribution in [0.4, 0.5) is 4.39 Å². The van der Waals surface area contributed by atoms with Gasteiger partial charge in [0.15, 0.2) is 0 Å². The van der Waals surface area contributed by atoms with Gasteiger partial charge >= 0.3 is 0 Å². The van der Waals surface area contributed by atoms with E-state index in [1.807, 2.05) is 10.6 Å². The number of halogens is 1. The zero-order valence-electron chi connectivity index (χ0n) is 20.1. The van der Waals surface area contributed by atoms with Crippen LogP contribution in [0.5, 0.6) is 0 Å². The summed E-state index contributed by atoms with van der Waals surface area (Å²) in [7, 11) is -3.68. The van der Waals surface area contributed by atoms with Gasteiger partial charge in [-0.25, -0.2) is 19.2 Å². The molecular weight excluding hydrogens is 485 g/mol. The third kappa shape index (κ3) is 4.29. The molecule has 7 rings (SSSR count). The van der Waals surface area contributed by atoms with Crippen molar-refractivity contribution in [1.29, 1.82) is 0 Å². The van der Waals surface area contributed by atoms with E-state index in [4.69, 9.17) is 9.98 Å². The van der Waals surface area contributed by atoms with Gasteiger partial charge in [0.05, 0.1) is 37.0 Å². The van der Waals surface area contributed by atoms with Crippen LogP contribution in [-0.4, -0.2) is 48.4 Å². The first-order valence-corrected chi connectivity index (χ1v) is 14.4. The highest BCUT2D eigenvalue weighted by Crippen LogP contribution is 2.62. The number of hydrogen-bond acceptors (Lipinski definition) is 6. The van der Waals surface area contributed by atoms with Crippen molar-refractivity contribution in [2.75, 3.05) is 13.2 Å². The molecule has 1 aromatic carbocycles. The molecule has 9 nitrogen and oxygen atoms in total. The molecule has 4 atom stereocenters. The average molecular weight is 520 g/mol. The van der Waals surface area contributed by atoms with E-state index < -0.39 is 16.3 Å². The van der Waals surface area contributed by atoms with Crippen LogP contribution >= 0.6 is 0 Å². The minimum Gasteiger partial charge on any atom is -0.392 e. The Hall–Kier alpha value is -1.89. The Morgan fingerprint density at radius 3 is 2.81 bits per heavy atom. The topological polar surface area (TPSA) is 132 Å². The number of nitrogens with one attached hydrogen (secondary N) is 2. The van der Waals surface area contributed by atoms with Crippen LogP contribution in [0.1, 0.15) is 56.6 Å². The van der Waals surface area contributed by atoms with Crippen LogP contribution in [0.2, 0.25) is 0 Å². The van der Waals surface area contributed by atoms with E-state index in [0.29, 0.717) is 42.8 Å². The van der Waals surface area contributed by atoms with Gasteiger partial charge in [-0.15, -0.1) is 0 Å². The van der Waals surface area contributed by atoms with Crippen LogP contribution in [0.25, 0.3) is 11.3 Å². The normalized spacial score (nSPS) is 33.0. The number of nitrogens with zero attached hydrogens (tertiary/aromatic N) is 2. The predicted molar refractivity (Wildman–Crippen MR) is 131 cm³/mol. The lowest BCUT2D eigenvalue weighted by Crippen LogP contribution is -2.61. The molecule has 0 radical (unpaired) electrons. The van der Waals surface area contributed by atoms with Gasteiger partial charge in [0.1, 0.15) is 5.82 Å². The Morgan fingerprint density at radius 1 is 1.28 bits per heavy atom. The molecule has 1 aliphatic heterocycles. The third-order valence-electron chi connectivity index (χ3n) is 9.08. The van der Waals surface area contributed by atoms with Crippen molar-refractivity contribution in [3.05, 3.63) is 42.1 Å². The summed E-state index contributed by atoms with van der Waals surface area (Å²) in [5, 5.41) is 16.7. The number of aromatic nitrogens is 2. The molecule has 0 spiro atoms. The lowest BCUT2D eigenvalue weighted by atomic mass is 9.46. The molecule has 4 aliphatic carbocycles. The second-order valence-corrected chi connectivity index (χ2v) is 12.7. The van der Waals surface area contributed by atoms with Crippen molar-refractivity contribution >= 4 is 10.2 Å². The fraction of sp³-hybridized carbons (Fsp3) is 0.640. The lowest BCUT2D eigenvalue weighted by molar-refractivity contribution is -0.161. The smallest absolute Gasteiger partial charge is 0.274 e. The third-order valence-corrected chi connectivity index (χ3v) is 9.69. The molecule has 4 saturated carbocycles. The van der Waals surface area contributed by atoms with Gasteiger partial charge in [-0.3, -0.25) is 0 Å². The van der Waals surface area contributed by atoms with Crippen molar-refractivity contribution < 1.29 is 22.8 Å². The lowest BCUT2D eigenvalue weighted by Gasteiger charge is -2.61. The standard InChI is InChI=1S/C25H34FN5O4S/c26-19-4-1-3-18-21-13-28-14-31(21)20(23(18)19)9-22(32)25-10-15-7-16(11-25)24(17(8-15)12-25)30-35-6-2-5-29-36(27,33)34/h1,3-4,13-17,20,22,24,29-30,32H,2,5-12H2,(H2,27,33,34). The molecule has 2 heterocycles. The number of hydrogen-bond donors (Lipinski definition) is 4. The maximum Gasteiger partial charge on any atom is 0.274 e. The summed E-state index contributed by atoms with van der Waals surface area (Å²) in [6.07, 6.45) is 9.16. The molecule has 0 amide bonds. The van der Waals surface area contributed by atoms with E-state index >= 15 is 0 Å². The Kier molecular flexibility index (Phi) is 6.21. The average Bonchev–Trinajstić information content (AvgIpc) is 3.40. The summed E-state index contributed by atoms with van der Waals surface area (Å²) >= 11 is 0. The number of imidazole rings is 1. The Labute approximate surface area is 210 Å². The molecule has 1 aromatic heterocycles. The second kappa shape index (κ2) is 9.14. The van der Waals surface area contributed by atoms with E-state index in [1.54, 1.807) is 18.6 Å². The van der Waals surface area contributed by atoms with Crippen LogP contribution in [0.3, 0.4) is 0 Å². The van der Waals surface area contributed by atoms with Gasteiger partial charge in [-0.05, 0) is 74.2 Å². The first-order chi connectivity index (χ1) is 17.2. The minimum absolute atomic E-state index is 0.150.